The van der Waals surface area contributed by atoms with Gasteiger partial charge < -0.3 is 8.92 Å². The van der Waals surface area contributed by atoms with Gasteiger partial charge in [-0.15, -0.1) is 0 Å². The Morgan fingerprint density at radius 3 is 2.33 bits per heavy atom. The number of nitrogens with zero attached hydrogens (tertiary/aromatic N) is 1. The molecule has 0 aliphatic carbocycles. The predicted octanol–water partition coefficient (Wildman–Crippen LogP) is 5.82. The Morgan fingerprint density at radius 2 is 1.70 bits per heavy atom. The van der Waals surface area contributed by atoms with E-state index < -0.39 is 10.1 Å². The molecule has 0 atom stereocenters. The van der Waals surface area contributed by atoms with E-state index in [2.05, 4.69) is 11.9 Å². The highest BCUT2D eigenvalue weighted by atomic mass is 35.5. The minimum Gasteiger partial charge on any atom is -0.490 e. The fourth-order valence-electron chi connectivity index (χ4n) is 2.72. The van der Waals surface area contributed by atoms with Gasteiger partial charge in [-0.3, -0.25) is 4.99 Å². The number of ether oxygens (including phenoxy) is 1. The SMILES string of the molecule is CCOc1cc(C=Nc2ccc(CC)cc2)cc(Cl)c1OS(=O)(=O)c1ccccc1. The molecule has 0 saturated carbocycles. The molecule has 0 unspecified atom stereocenters. The van der Waals surface area contributed by atoms with Crippen molar-refractivity contribution in [1.82, 2.24) is 0 Å². The molecule has 0 aromatic heterocycles. The lowest BCUT2D eigenvalue weighted by molar-refractivity contribution is 0.327. The number of hydrogen-bond acceptors (Lipinski definition) is 5. The van der Waals surface area contributed by atoms with E-state index in [-0.39, 0.29) is 21.4 Å². The van der Waals surface area contributed by atoms with Crippen molar-refractivity contribution >= 4 is 33.6 Å². The van der Waals surface area contributed by atoms with Gasteiger partial charge >= 0.3 is 10.1 Å². The standard InChI is InChI=1S/C23H22ClNO4S/c1-3-17-10-12-19(13-11-17)25-16-18-14-21(24)23(22(15-18)28-4-2)29-30(26,27)20-8-6-5-7-9-20/h5-16H,3-4H2,1-2H3. The Labute approximate surface area is 182 Å². The van der Waals surface area contributed by atoms with Crippen LogP contribution >= 0.6 is 11.6 Å². The van der Waals surface area contributed by atoms with E-state index in [0.29, 0.717) is 12.2 Å². The second-order valence-electron chi connectivity index (χ2n) is 6.39. The zero-order valence-electron chi connectivity index (χ0n) is 16.7. The van der Waals surface area contributed by atoms with Gasteiger partial charge in [0.2, 0.25) is 5.75 Å². The Morgan fingerprint density at radius 1 is 1.00 bits per heavy atom. The Kier molecular flexibility index (Phi) is 7.13. The molecule has 3 rings (SSSR count). The fraction of sp³-hybridized carbons (Fsp3) is 0.174. The molecule has 7 heteroatoms. The normalized spacial score (nSPS) is 11.6. The third-order valence-corrected chi connectivity index (χ3v) is 5.78. The van der Waals surface area contributed by atoms with Crippen molar-refractivity contribution in [2.45, 2.75) is 25.2 Å². The van der Waals surface area contributed by atoms with Gasteiger partial charge in [-0.25, -0.2) is 0 Å². The maximum Gasteiger partial charge on any atom is 0.339 e. The van der Waals surface area contributed by atoms with Crippen molar-refractivity contribution in [3.8, 4) is 11.5 Å². The molecule has 0 heterocycles. The number of hydrogen-bond donors (Lipinski definition) is 0. The van der Waals surface area contributed by atoms with Crippen molar-refractivity contribution in [3.63, 3.8) is 0 Å². The zero-order chi connectivity index (χ0) is 21.6. The molecule has 0 N–H and O–H groups in total. The van der Waals surface area contributed by atoms with Gasteiger partial charge in [0, 0.05) is 6.21 Å². The summed E-state index contributed by atoms with van der Waals surface area (Å²) in [5.41, 5.74) is 2.69. The largest absolute Gasteiger partial charge is 0.490 e. The van der Waals surface area contributed by atoms with Crippen LogP contribution in [0.1, 0.15) is 25.0 Å². The molecular formula is C23H22ClNO4S. The highest BCUT2D eigenvalue weighted by molar-refractivity contribution is 7.87. The highest BCUT2D eigenvalue weighted by Crippen LogP contribution is 2.38. The lowest BCUT2D eigenvalue weighted by atomic mass is 10.1. The molecule has 0 aliphatic heterocycles. The van der Waals surface area contributed by atoms with E-state index in [1.807, 2.05) is 24.3 Å². The first-order valence-electron chi connectivity index (χ1n) is 9.52. The van der Waals surface area contributed by atoms with Crippen LogP contribution in [0.25, 0.3) is 0 Å². The van der Waals surface area contributed by atoms with Crippen LogP contribution in [0, 0.1) is 0 Å². The fourth-order valence-corrected chi connectivity index (χ4v) is 4.00. The summed E-state index contributed by atoms with van der Waals surface area (Å²) < 4.78 is 36.1. The van der Waals surface area contributed by atoms with Gasteiger partial charge in [0.15, 0.2) is 5.75 Å². The maximum atomic E-state index is 12.6. The third-order valence-electron chi connectivity index (χ3n) is 4.26. The van der Waals surface area contributed by atoms with E-state index >= 15 is 0 Å². The summed E-state index contributed by atoms with van der Waals surface area (Å²) >= 11 is 6.35. The van der Waals surface area contributed by atoms with Crippen LogP contribution in [0.15, 0.2) is 76.6 Å². The van der Waals surface area contributed by atoms with E-state index in [4.69, 9.17) is 20.5 Å². The van der Waals surface area contributed by atoms with Crippen LogP contribution < -0.4 is 8.92 Å². The molecule has 5 nitrogen and oxygen atoms in total. The summed E-state index contributed by atoms with van der Waals surface area (Å²) in [6.07, 6.45) is 2.61. The van der Waals surface area contributed by atoms with Gasteiger partial charge in [0.25, 0.3) is 0 Å². The van der Waals surface area contributed by atoms with Crippen LogP contribution in [0.5, 0.6) is 11.5 Å². The van der Waals surface area contributed by atoms with Crippen LogP contribution in [0.4, 0.5) is 5.69 Å². The molecule has 3 aromatic rings. The van der Waals surface area contributed by atoms with E-state index in [1.165, 1.54) is 17.7 Å². The second-order valence-corrected chi connectivity index (χ2v) is 8.35. The molecule has 3 aromatic carbocycles. The summed E-state index contributed by atoms with van der Waals surface area (Å²) in [6.45, 7) is 4.20. The van der Waals surface area contributed by atoms with Crippen LogP contribution in [-0.4, -0.2) is 21.2 Å². The molecule has 156 valence electrons. The quantitative estimate of drug-likeness (QED) is 0.325. The van der Waals surface area contributed by atoms with Crippen molar-refractivity contribution < 1.29 is 17.3 Å². The molecule has 0 radical (unpaired) electrons. The predicted molar refractivity (Wildman–Crippen MR) is 120 cm³/mol. The van der Waals surface area contributed by atoms with Gasteiger partial charge in [-0.05, 0) is 60.9 Å². The number of halogens is 1. The number of rotatable bonds is 8. The van der Waals surface area contributed by atoms with Crippen molar-refractivity contribution in [1.29, 1.82) is 0 Å². The molecule has 0 aliphatic rings. The van der Waals surface area contributed by atoms with Gasteiger partial charge in [-0.1, -0.05) is 48.9 Å². The minimum absolute atomic E-state index is 0.0321. The zero-order valence-corrected chi connectivity index (χ0v) is 18.3. The maximum absolute atomic E-state index is 12.6. The molecular weight excluding hydrogens is 422 g/mol. The second kappa shape index (κ2) is 9.78. The third kappa shape index (κ3) is 5.40. The Balaban J connectivity index is 1.91. The minimum atomic E-state index is -4.05. The number of benzene rings is 3. The molecule has 30 heavy (non-hydrogen) atoms. The van der Waals surface area contributed by atoms with Crippen LogP contribution in [0.2, 0.25) is 5.02 Å². The topological polar surface area (TPSA) is 65.0 Å². The summed E-state index contributed by atoms with van der Waals surface area (Å²) in [4.78, 5) is 4.48. The van der Waals surface area contributed by atoms with Crippen molar-refractivity contribution in [2.75, 3.05) is 6.61 Å². The van der Waals surface area contributed by atoms with Gasteiger partial charge in [0.1, 0.15) is 4.90 Å². The number of aryl methyl sites for hydroxylation is 1. The highest BCUT2D eigenvalue weighted by Gasteiger charge is 2.22. The van der Waals surface area contributed by atoms with Crippen molar-refractivity contribution in [3.05, 3.63) is 82.9 Å². The summed E-state index contributed by atoms with van der Waals surface area (Å²) in [5.74, 6) is 0.180. The number of aliphatic imine (C=N–C) groups is 1. The smallest absolute Gasteiger partial charge is 0.339 e. The summed E-state index contributed by atoms with van der Waals surface area (Å²) in [5, 5.41) is 0.114. The van der Waals surface area contributed by atoms with Gasteiger partial charge in [-0.2, -0.15) is 8.42 Å². The van der Waals surface area contributed by atoms with E-state index in [0.717, 1.165) is 12.1 Å². The lowest BCUT2D eigenvalue weighted by Gasteiger charge is -2.14. The first-order chi connectivity index (χ1) is 14.4. The lowest BCUT2D eigenvalue weighted by Crippen LogP contribution is -2.11. The molecule has 0 bridgehead atoms. The first kappa shape index (κ1) is 21.9. The summed E-state index contributed by atoms with van der Waals surface area (Å²) in [6, 6.07) is 19.0. The van der Waals surface area contributed by atoms with Crippen LogP contribution in [0.3, 0.4) is 0 Å². The Bertz CT molecular complexity index is 1130. The van der Waals surface area contributed by atoms with E-state index in [1.54, 1.807) is 43.5 Å². The monoisotopic (exact) mass is 443 g/mol. The van der Waals surface area contributed by atoms with Crippen LogP contribution in [-0.2, 0) is 16.5 Å². The van der Waals surface area contributed by atoms with Crippen molar-refractivity contribution in [2.24, 2.45) is 4.99 Å². The molecule has 0 spiro atoms. The van der Waals surface area contributed by atoms with E-state index in [9.17, 15) is 8.42 Å². The summed E-state index contributed by atoms with van der Waals surface area (Å²) in [7, 11) is -4.05. The molecule has 0 fully saturated rings. The molecule has 0 saturated heterocycles. The average molecular weight is 444 g/mol. The first-order valence-corrected chi connectivity index (χ1v) is 11.3. The molecule has 0 amide bonds. The Hall–Kier alpha value is -2.83. The average Bonchev–Trinajstić information content (AvgIpc) is 2.76. The van der Waals surface area contributed by atoms with Gasteiger partial charge in [0.05, 0.1) is 17.3 Å².